The Hall–Kier alpha value is -1.39. The molecule has 0 atom stereocenters. The van der Waals surface area contributed by atoms with Crippen molar-refractivity contribution in [1.29, 1.82) is 0 Å². The zero-order chi connectivity index (χ0) is 13.1. The first-order valence-electron chi connectivity index (χ1n) is 5.78. The lowest BCUT2D eigenvalue weighted by Gasteiger charge is -2.22. The fourth-order valence-electron chi connectivity index (χ4n) is 1.88. The molecule has 0 aliphatic heterocycles. The highest BCUT2D eigenvalue weighted by atomic mass is 79.9. The number of hydrogen-bond acceptors (Lipinski definition) is 3. The summed E-state index contributed by atoms with van der Waals surface area (Å²) in [5, 5.41) is 0. The third kappa shape index (κ3) is 2.40. The van der Waals surface area contributed by atoms with Gasteiger partial charge in [0.25, 0.3) is 0 Å². The minimum absolute atomic E-state index is 0.518. The van der Waals surface area contributed by atoms with E-state index in [4.69, 9.17) is 5.73 Å². The van der Waals surface area contributed by atoms with Gasteiger partial charge in [-0.2, -0.15) is 0 Å². The van der Waals surface area contributed by atoms with Crippen LogP contribution in [0.4, 0.5) is 11.5 Å². The first kappa shape index (κ1) is 13.1. The summed E-state index contributed by atoms with van der Waals surface area (Å²) in [6.45, 7) is 2.57. The molecule has 2 aromatic rings. The van der Waals surface area contributed by atoms with Crippen molar-refractivity contribution in [3.8, 4) is 0 Å². The van der Waals surface area contributed by atoms with Crippen molar-refractivity contribution >= 4 is 27.4 Å². The number of aromatic nitrogens is 1. The van der Waals surface area contributed by atoms with Gasteiger partial charge < -0.3 is 10.6 Å². The SMILES string of the molecule is Cc1ccnc(N(C)c2ccccc2CN)c1Br. The number of anilines is 2. The molecule has 0 saturated heterocycles. The molecule has 0 spiro atoms. The normalized spacial score (nSPS) is 10.4. The molecule has 1 aromatic heterocycles. The Morgan fingerprint density at radius 3 is 2.72 bits per heavy atom. The Morgan fingerprint density at radius 2 is 2.00 bits per heavy atom. The molecule has 0 fully saturated rings. The Bertz CT molecular complexity index is 554. The maximum Gasteiger partial charge on any atom is 0.147 e. The van der Waals surface area contributed by atoms with Crippen LogP contribution in [0.5, 0.6) is 0 Å². The summed E-state index contributed by atoms with van der Waals surface area (Å²) in [6, 6.07) is 10.1. The van der Waals surface area contributed by atoms with Crippen LogP contribution in [0.25, 0.3) is 0 Å². The molecular formula is C14H16BrN3. The highest BCUT2D eigenvalue weighted by Crippen LogP contribution is 2.32. The van der Waals surface area contributed by atoms with Gasteiger partial charge in [0.2, 0.25) is 0 Å². The van der Waals surface area contributed by atoms with Crippen LogP contribution in [0.1, 0.15) is 11.1 Å². The van der Waals surface area contributed by atoms with E-state index in [0.29, 0.717) is 6.54 Å². The predicted octanol–water partition coefficient (Wildman–Crippen LogP) is 3.38. The molecule has 0 saturated carbocycles. The van der Waals surface area contributed by atoms with Gasteiger partial charge in [-0.3, -0.25) is 0 Å². The van der Waals surface area contributed by atoms with Gasteiger partial charge in [-0.05, 0) is 46.1 Å². The van der Waals surface area contributed by atoms with Crippen LogP contribution in [0.2, 0.25) is 0 Å². The second-order valence-corrected chi connectivity index (χ2v) is 4.95. The fraction of sp³-hybridized carbons (Fsp3) is 0.214. The number of halogens is 1. The fourth-order valence-corrected chi connectivity index (χ4v) is 2.38. The van der Waals surface area contributed by atoms with E-state index in [-0.39, 0.29) is 0 Å². The predicted molar refractivity (Wildman–Crippen MR) is 79.1 cm³/mol. The molecule has 94 valence electrons. The van der Waals surface area contributed by atoms with E-state index in [0.717, 1.165) is 27.1 Å². The van der Waals surface area contributed by atoms with E-state index in [1.807, 2.05) is 37.5 Å². The van der Waals surface area contributed by atoms with E-state index in [1.165, 1.54) is 0 Å². The molecule has 1 aromatic carbocycles. The number of aryl methyl sites for hydroxylation is 1. The van der Waals surface area contributed by atoms with Crippen molar-refractivity contribution in [2.45, 2.75) is 13.5 Å². The second kappa shape index (κ2) is 5.50. The topological polar surface area (TPSA) is 42.2 Å². The number of nitrogens with zero attached hydrogens (tertiary/aromatic N) is 2. The summed E-state index contributed by atoms with van der Waals surface area (Å²) in [7, 11) is 2.00. The van der Waals surface area contributed by atoms with Crippen LogP contribution in [0.3, 0.4) is 0 Å². The first-order valence-corrected chi connectivity index (χ1v) is 6.57. The van der Waals surface area contributed by atoms with Gasteiger partial charge in [0.1, 0.15) is 5.82 Å². The molecule has 18 heavy (non-hydrogen) atoms. The molecule has 0 bridgehead atoms. The number of para-hydroxylation sites is 1. The van der Waals surface area contributed by atoms with E-state index >= 15 is 0 Å². The quantitative estimate of drug-likeness (QED) is 0.945. The minimum atomic E-state index is 0.518. The molecule has 0 aliphatic rings. The average Bonchev–Trinajstić information content (AvgIpc) is 2.41. The number of rotatable bonds is 3. The van der Waals surface area contributed by atoms with Crippen molar-refractivity contribution in [2.75, 3.05) is 11.9 Å². The molecule has 3 nitrogen and oxygen atoms in total. The standard InChI is InChI=1S/C14H16BrN3/c1-10-7-8-17-14(13(10)15)18(2)12-6-4-3-5-11(12)9-16/h3-8H,9,16H2,1-2H3. The molecular weight excluding hydrogens is 290 g/mol. The van der Waals surface area contributed by atoms with E-state index in [2.05, 4.69) is 38.8 Å². The van der Waals surface area contributed by atoms with Gasteiger partial charge in [0.15, 0.2) is 0 Å². The number of pyridine rings is 1. The molecule has 2 rings (SSSR count). The van der Waals surface area contributed by atoms with Crippen LogP contribution in [-0.2, 0) is 6.54 Å². The molecule has 0 aliphatic carbocycles. The maximum absolute atomic E-state index is 5.78. The highest BCUT2D eigenvalue weighted by molar-refractivity contribution is 9.10. The first-order chi connectivity index (χ1) is 8.65. The highest BCUT2D eigenvalue weighted by Gasteiger charge is 2.13. The number of benzene rings is 1. The lowest BCUT2D eigenvalue weighted by Crippen LogP contribution is -2.15. The lowest BCUT2D eigenvalue weighted by atomic mass is 10.1. The van der Waals surface area contributed by atoms with Gasteiger partial charge >= 0.3 is 0 Å². The molecule has 0 radical (unpaired) electrons. The zero-order valence-electron chi connectivity index (χ0n) is 10.5. The third-order valence-electron chi connectivity index (χ3n) is 2.95. The van der Waals surface area contributed by atoms with Gasteiger partial charge in [-0.15, -0.1) is 0 Å². The molecule has 0 unspecified atom stereocenters. The molecule has 1 heterocycles. The summed E-state index contributed by atoms with van der Waals surface area (Å²) in [4.78, 5) is 6.48. The minimum Gasteiger partial charge on any atom is -0.328 e. The Morgan fingerprint density at radius 1 is 1.28 bits per heavy atom. The molecule has 4 heteroatoms. The summed E-state index contributed by atoms with van der Waals surface area (Å²) < 4.78 is 1.01. The van der Waals surface area contributed by atoms with Crippen molar-refractivity contribution in [1.82, 2.24) is 4.98 Å². The molecule has 2 N–H and O–H groups in total. The van der Waals surface area contributed by atoms with Crippen molar-refractivity contribution in [3.63, 3.8) is 0 Å². The summed E-state index contributed by atoms with van der Waals surface area (Å²) in [5.41, 5.74) is 9.13. The zero-order valence-corrected chi connectivity index (χ0v) is 12.1. The van der Waals surface area contributed by atoms with E-state index in [1.54, 1.807) is 0 Å². The third-order valence-corrected chi connectivity index (χ3v) is 3.93. The lowest BCUT2D eigenvalue weighted by molar-refractivity contribution is 1.03. The largest absolute Gasteiger partial charge is 0.328 e. The van der Waals surface area contributed by atoms with Gasteiger partial charge in [-0.1, -0.05) is 18.2 Å². The van der Waals surface area contributed by atoms with Crippen LogP contribution in [-0.4, -0.2) is 12.0 Å². The monoisotopic (exact) mass is 305 g/mol. The van der Waals surface area contributed by atoms with E-state index < -0.39 is 0 Å². The maximum atomic E-state index is 5.78. The summed E-state index contributed by atoms with van der Waals surface area (Å²) >= 11 is 3.59. The number of nitrogens with two attached hydrogens (primary N) is 1. The van der Waals surface area contributed by atoms with Gasteiger partial charge in [0, 0.05) is 25.5 Å². The van der Waals surface area contributed by atoms with E-state index in [9.17, 15) is 0 Å². The van der Waals surface area contributed by atoms with Crippen molar-refractivity contribution in [3.05, 3.63) is 52.1 Å². The van der Waals surface area contributed by atoms with Crippen LogP contribution >= 0.6 is 15.9 Å². The Labute approximate surface area is 116 Å². The van der Waals surface area contributed by atoms with Gasteiger partial charge in [-0.25, -0.2) is 4.98 Å². The Kier molecular flexibility index (Phi) is 3.99. The van der Waals surface area contributed by atoms with Crippen molar-refractivity contribution in [2.24, 2.45) is 5.73 Å². The summed E-state index contributed by atoms with van der Waals surface area (Å²) in [6.07, 6.45) is 1.82. The van der Waals surface area contributed by atoms with Crippen LogP contribution < -0.4 is 10.6 Å². The van der Waals surface area contributed by atoms with Crippen LogP contribution in [0.15, 0.2) is 41.0 Å². The van der Waals surface area contributed by atoms with Gasteiger partial charge in [0.05, 0.1) is 4.47 Å². The average molecular weight is 306 g/mol. The molecule has 0 amide bonds. The second-order valence-electron chi connectivity index (χ2n) is 4.16. The Balaban J connectivity index is 2.48. The summed E-state index contributed by atoms with van der Waals surface area (Å²) in [5.74, 6) is 0.899. The number of hydrogen-bond donors (Lipinski definition) is 1. The smallest absolute Gasteiger partial charge is 0.147 e. The van der Waals surface area contributed by atoms with Crippen LogP contribution in [0, 0.1) is 6.92 Å². The van der Waals surface area contributed by atoms with Crippen molar-refractivity contribution < 1.29 is 0 Å².